The highest BCUT2D eigenvalue weighted by Crippen LogP contribution is 2.12. The van der Waals surface area contributed by atoms with E-state index in [2.05, 4.69) is 11.2 Å². The van der Waals surface area contributed by atoms with E-state index in [0.717, 1.165) is 45.3 Å². The molecule has 84 valence electrons. The Morgan fingerprint density at radius 2 is 2.40 bits per heavy atom. The number of carbonyl (C=O) groups is 1. The van der Waals surface area contributed by atoms with E-state index < -0.39 is 0 Å². The zero-order chi connectivity index (χ0) is 11.1. The van der Waals surface area contributed by atoms with Crippen molar-refractivity contribution in [3.8, 4) is 12.3 Å². The van der Waals surface area contributed by atoms with Gasteiger partial charge in [0.1, 0.15) is 0 Å². The predicted molar refractivity (Wildman–Crippen MR) is 61.3 cm³/mol. The van der Waals surface area contributed by atoms with Crippen LogP contribution in [-0.2, 0) is 4.79 Å². The van der Waals surface area contributed by atoms with Gasteiger partial charge in [0, 0.05) is 19.5 Å². The van der Waals surface area contributed by atoms with E-state index in [1.807, 2.05) is 11.8 Å². The smallest absolute Gasteiger partial charge is 0.239 e. The Morgan fingerprint density at radius 1 is 1.60 bits per heavy atom. The number of likely N-dealkylation sites (tertiary alicyclic amines) is 1. The van der Waals surface area contributed by atoms with Crippen LogP contribution in [-0.4, -0.2) is 36.5 Å². The van der Waals surface area contributed by atoms with E-state index >= 15 is 0 Å². The summed E-state index contributed by atoms with van der Waals surface area (Å²) in [5, 5.41) is 3.20. The number of nitrogens with zero attached hydrogens (tertiary/aromatic N) is 1. The van der Waals surface area contributed by atoms with Crippen LogP contribution in [0.4, 0.5) is 0 Å². The molecule has 1 fully saturated rings. The fourth-order valence-electron chi connectivity index (χ4n) is 1.93. The zero-order valence-corrected chi connectivity index (χ0v) is 9.46. The maximum absolute atomic E-state index is 11.8. The molecular weight excluding hydrogens is 188 g/mol. The summed E-state index contributed by atoms with van der Waals surface area (Å²) in [5.74, 6) is 2.88. The Bertz CT molecular complexity index is 244. The van der Waals surface area contributed by atoms with E-state index in [1.54, 1.807) is 0 Å². The standard InChI is InChI=1S/C12H20N2O/c1-3-5-6-7-9-14-10-8-11(12(14)15)13-4-2/h1,11,13H,4-10H2,2H3. The van der Waals surface area contributed by atoms with Gasteiger partial charge in [0.2, 0.25) is 5.91 Å². The second kappa shape index (κ2) is 6.47. The van der Waals surface area contributed by atoms with E-state index in [-0.39, 0.29) is 11.9 Å². The number of rotatable bonds is 6. The van der Waals surface area contributed by atoms with Crippen molar-refractivity contribution in [2.75, 3.05) is 19.6 Å². The molecule has 1 N–H and O–H groups in total. The highest BCUT2D eigenvalue weighted by molar-refractivity contribution is 5.83. The van der Waals surface area contributed by atoms with Gasteiger partial charge in [0.05, 0.1) is 6.04 Å². The van der Waals surface area contributed by atoms with Crippen molar-refractivity contribution in [2.45, 2.75) is 38.6 Å². The number of amides is 1. The van der Waals surface area contributed by atoms with Gasteiger partial charge in [-0.05, 0) is 25.8 Å². The fraction of sp³-hybridized carbons (Fsp3) is 0.750. The van der Waals surface area contributed by atoms with Crippen molar-refractivity contribution in [1.82, 2.24) is 10.2 Å². The molecule has 0 saturated carbocycles. The third-order valence-corrected chi connectivity index (χ3v) is 2.75. The zero-order valence-electron chi connectivity index (χ0n) is 9.46. The Morgan fingerprint density at radius 3 is 3.07 bits per heavy atom. The SMILES string of the molecule is C#CCCCCN1CCC(NCC)C1=O. The number of terminal acetylenes is 1. The third-order valence-electron chi connectivity index (χ3n) is 2.75. The van der Waals surface area contributed by atoms with E-state index in [4.69, 9.17) is 6.42 Å². The predicted octanol–water partition coefficient (Wildman–Crippen LogP) is 1.00. The Kier molecular flexibility index (Phi) is 5.20. The molecule has 1 aliphatic rings. The second-order valence-corrected chi connectivity index (χ2v) is 3.89. The highest BCUT2D eigenvalue weighted by Gasteiger charge is 2.29. The van der Waals surface area contributed by atoms with Crippen LogP contribution in [0.2, 0.25) is 0 Å². The summed E-state index contributed by atoms with van der Waals surface area (Å²) in [6.45, 7) is 4.65. The van der Waals surface area contributed by atoms with Gasteiger partial charge in [-0.25, -0.2) is 0 Å². The van der Waals surface area contributed by atoms with Gasteiger partial charge in [-0.3, -0.25) is 4.79 Å². The topological polar surface area (TPSA) is 32.3 Å². The quantitative estimate of drug-likeness (QED) is 0.522. The molecule has 0 aromatic heterocycles. The molecule has 0 aliphatic carbocycles. The van der Waals surface area contributed by atoms with Crippen LogP contribution >= 0.6 is 0 Å². The number of hydrogen-bond donors (Lipinski definition) is 1. The first-order valence-electron chi connectivity index (χ1n) is 5.75. The van der Waals surface area contributed by atoms with Crippen LogP contribution in [0.1, 0.15) is 32.6 Å². The molecule has 1 atom stereocenters. The number of hydrogen-bond acceptors (Lipinski definition) is 2. The van der Waals surface area contributed by atoms with Crippen molar-refractivity contribution in [3.63, 3.8) is 0 Å². The molecule has 0 spiro atoms. The lowest BCUT2D eigenvalue weighted by Crippen LogP contribution is -2.38. The van der Waals surface area contributed by atoms with Gasteiger partial charge >= 0.3 is 0 Å². The maximum Gasteiger partial charge on any atom is 0.239 e. The Labute approximate surface area is 92.2 Å². The summed E-state index contributed by atoms with van der Waals surface area (Å²) in [5.41, 5.74) is 0. The molecule has 1 saturated heterocycles. The largest absolute Gasteiger partial charge is 0.341 e. The van der Waals surface area contributed by atoms with Gasteiger partial charge in [0.15, 0.2) is 0 Å². The summed E-state index contributed by atoms with van der Waals surface area (Å²) in [7, 11) is 0. The fourth-order valence-corrected chi connectivity index (χ4v) is 1.93. The van der Waals surface area contributed by atoms with Crippen molar-refractivity contribution in [3.05, 3.63) is 0 Å². The highest BCUT2D eigenvalue weighted by atomic mass is 16.2. The molecule has 0 aromatic rings. The summed E-state index contributed by atoms with van der Waals surface area (Å²) in [6, 6.07) is 0.0580. The molecule has 1 heterocycles. The van der Waals surface area contributed by atoms with Gasteiger partial charge < -0.3 is 10.2 Å². The first kappa shape index (κ1) is 12.1. The molecule has 1 unspecified atom stereocenters. The normalized spacial score (nSPS) is 20.7. The van der Waals surface area contributed by atoms with Crippen molar-refractivity contribution < 1.29 is 4.79 Å². The lowest BCUT2D eigenvalue weighted by molar-refractivity contribution is -0.129. The molecule has 1 amide bonds. The lowest BCUT2D eigenvalue weighted by atomic mass is 10.2. The van der Waals surface area contributed by atoms with E-state index in [0.29, 0.717) is 0 Å². The van der Waals surface area contributed by atoms with Gasteiger partial charge in [-0.1, -0.05) is 6.92 Å². The molecule has 15 heavy (non-hydrogen) atoms. The van der Waals surface area contributed by atoms with Gasteiger partial charge in [-0.15, -0.1) is 12.3 Å². The first-order valence-corrected chi connectivity index (χ1v) is 5.75. The first-order chi connectivity index (χ1) is 7.29. The number of nitrogens with one attached hydrogen (secondary N) is 1. The van der Waals surface area contributed by atoms with Crippen LogP contribution in [0.25, 0.3) is 0 Å². The minimum Gasteiger partial charge on any atom is -0.341 e. The molecule has 0 radical (unpaired) electrons. The molecule has 3 nitrogen and oxygen atoms in total. The van der Waals surface area contributed by atoms with Gasteiger partial charge in [-0.2, -0.15) is 0 Å². The molecule has 1 aliphatic heterocycles. The molecule has 3 heteroatoms. The molecule has 1 rings (SSSR count). The maximum atomic E-state index is 11.8. The van der Waals surface area contributed by atoms with Crippen LogP contribution in [0.15, 0.2) is 0 Å². The second-order valence-electron chi connectivity index (χ2n) is 3.89. The number of unbranched alkanes of at least 4 members (excludes halogenated alkanes) is 2. The van der Waals surface area contributed by atoms with Crippen LogP contribution in [0.3, 0.4) is 0 Å². The van der Waals surface area contributed by atoms with Gasteiger partial charge in [0.25, 0.3) is 0 Å². The summed E-state index contributed by atoms with van der Waals surface area (Å²) in [4.78, 5) is 13.7. The number of likely N-dealkylation sites (N-methyl/N-ethyl adjacent to an activating group) is 1. The Hall–Kier alpha value is -1.01. The number of carbonyl (C=O) groups excluding carboxylic acids is 1. The lowest BCUT2D eigenvalue weighted by Gasteiger charge is -2.16. The minimum absolute atomic E-state index is 0.0580. The average molecular weight is 208 g/mol. The van der Waals surface area contributed by atoms with E-state index in [1.165, 1.54) is 0 Å². The summed E-state index contributed by atoms with van der Waals surface area (Å²) >= 11 is 0. The van der Waals surface area contributed by atoms with Crippen molar-refractivity contribution in [1.29, 1.82) is 0 Å². The van der Waals surface area contributed by atoms with Crippen LogP contribution < -0.4 is 5.32 Å². The van der Waals surface area contributed by atoms with Crippen molar-refractivity contribution in [2.24, 2.45) is 0 Å². The average Bonchev–Trinajstić information content (AvgIpc) is 2.57. The van der Waals surface area contributed by atoms with E-state index in [9.17, 15) is 4.79 Å². The van der Waals surface area contributed by atoms with Crippen molar-refractivity contribution >= 4 is 5.91 Å². The monoisotopic (exact) mass is 208 g/mol. The molecule has 0 bridgehead atoms. The Balaban J connectivity index is 2.21. The van der Waals surface area contributed by atoms with Crippen LogP contribution in [0, 0.1) is 12.3 Å². The van der Waals surface area contributed by atoms with Crippen LogP contribution in [0.5, 0.6) is 0 Å². The third kappa shape index (κ3) is 3.56. The minimum atomic E-state index is 0.0580. The summed E-state index contributed by atoms with van der Waals surface area (Å²) in [6.07, 6.45) is 8.98. The molecule has 0 aromatic carbocycles. The summed E-state index contributed by atoms with van der Waals surface area (Å²) < 4.78 is 0. The molecular formula is C12H20N2O.